The molecular formula is C19H19N2O+. The van der Waals surface area contributed by atoms with E-state index in [9.17, 15) is 5.11 Å². The SMILES string of the molecule is OCC[n+]1ccc(CC=Nc2ccccc2)c2ccccc21. The summed E-state index contributed by atoms with van der Waals surface area (Å²) in [6, 6.07) is 20.3. The molecule has 22 heavy (non-hydrogen) atoms. The number of hydrogen-bond donors (Lipinski definition) is 1. The van der Waals surface area contributed by atoms with Gasteiger partial charge < -0.3 is 5.11 Å². The Kier molecular flexibility index (Phi) is 4.56. The first-order valence-electron chi connectivity index (χ1n) is 7.47. The molecular weight excluding hydrogens is 272 g/mol. The van der Waals surface area contributed by atoms with Crippen molar-refractivity contribution < 1.29 is 9.67 Å². The van der Waals surface area contributed by atoms with Crippen molar-refractivity contribution in [2.45, 2.75) is 13.0 Å². The summed E-state index contributed by atoms with van der Waals surface area (Å²) in [6.45, 7) is 0.752. The predicted molar refractivity (Wildman–Crippen MR) is 89.5 cm³/mol. The van der Waals surface area contributed by atoms with E-state index in [1.807, 2.05) is 54.9 Å². The molecule has 0 aliphatic rings. The Hall–Kier alpha value is -2.52. The molecule has 2 aromatic carbocycles. The summed E-state index contributed by atoms with van der Waals surface area (Å²) in [5, 5.41) is 10.4. The number of benzene rings is 2. The van der Waals surface area contributed by atoms with Crippen molar-refractivity contribution in [3.63, 3.8) is 0 Å². The first kappa shape index (κ1) is 14.4. The lowest BCUT2D eigenvalue weighted by molar-refractivity contribution is -0.672. The van der Waals surface area contributed by atoms with Crippen molar-refractivity contribution in [3.8, 4) is 0 Å². The number of nitrogens with zero attached hydrogens (tertiary/aromatic N) is 2. The zero-order valence-corrected chi connectivity index (χ0v) is 12.4. The summed E-state index contributed by atoms with van der Waals surface area (Å²) in [7, 11) is 0. The van der Waals surface area contributed by atoms with Gasteiger partial charge in [-0.25, -0.2) is 0 Å². The number of aliphatic hydroxyl groups is 1. The van der Waals surface area contributed by atoms with Crippen molar-refractivity contribution in [1.82, 2.24) is 0 Å². The number of aliphatic imine (C=N–C) groups is 1. The number of para-hydroxylation sites is 2. The second-order valence-corrected chi connectivity index (χ2v) is 5.13. The van der Waals surface area contributed by atoms with E-state index in [-0.39, 0.29) is 6.61 Å². The number of aromatic nitrogens is 1. The third-order valence-electron chi connectivity index (χ3n) is 3.66. The van der Waals surface area contributed by atoms with Crippen LogP contribution in [0.1, 0.15) is 5.56 Å². The molecule has 1 N–H and O–H groups in total. The molecule has 0 radical (unpaired) electrons. The largest absolute Gasteiger partial charge is 0.390 e. The van der Waals surface area contributed by atoms with Crippen LogP contribution >= 0.6 is 0 Å². The second kappa shape index (κ2) is 6.96. The van der Waals surface area contributed by atoms with E-state index in [0.29, 0.717) is 6.54 Å². The zero-order chi connectivity index (χ0) is 15.2. The van der Waals surface area contributed by atoms with E-state index in [1.165, 1.54) is 10.9 Å². The average Bonchev–Trinajstić information content (AvgIpc) is 2.58. The average molecular weight is 291 g/mol. The number of aliphatic hydroxyl groups excluding tert-OH is 1. The fraction of sp³-hybridized carbons (Fsp3) is 0.158. The van der Waals surface area contributed by atoms with Gasteiger partial charge in [0.15, 0.2) is 12.7 Å². The van der Waals surface area contributed by atoms with Gasteiger partial charge in [-0.15, -0.1) is 0 Å². The van der Waals surface area contributed by atoms with Crippen LogP contribution in [0.15, 0.2) is 71.9 Å². The van der Waals surface area contributed by atoms with Gasteiger partial charge in [0.25, 0.3) is 0 Å². The number of pyridine rings is 1. The van der Waals surface area contributed by atoms with Gasteiger partial charge in [0.05, 0.1) is 5.69 Å². The van der Waals surface area contributed by atoms with Crippen LogP contribution in [0, 0.1) is 0 Å². The van der Waals surface area contributed by atoms with E-state index in [2.05, 4.69) is 27.8 Å². The standard InChI is InChI=1S/C19H19N2O/c22-15-14-21-13-11-16(18-8-4-5-9-19(18)21)10-12-20-17-6-2-1-3-7-17/h1-9,11-13,22H,10,14-15H2/q+1. The van der Waals surface area contributed by atoms with Crippen molar-refractivity contribution in [2.75, 3.05) is 6.61 Å². The molecule has 0 aliphatic heterocycles. The van der Waals surface area contributed by atoms with Gasteiger partial charge in [-0.05, 0) is 23.8 Å². The van der Waals surface area contributed by atoms with E-state index >= 15 is 0 Å². The molecule has 0 bridgehead atoms. The number of fused-ring (bicyclic) bond motifs is 1. The van der Waals surface area contributed by atoms with Gasteiger partial charge >= 0.3 is 0 Å². The summed E-state index contributed by atoms with van der Waals surface area (Å²) < 4.78 is 2.08. The van der Waals surface area contributed by atoms with Crippen LogP contribution in [0.25, 0.3) is 10.9 Å². The van der Waals surface area contributed by atoms with Crippen LogP contribution in [-0.4, -0.2) is 17.9 Å². The van der Waals surface area contributed by atoms with E-state index in [0.717, 1.165) is 17.6 Å². The maximum absolute atomic E-state index is 9.17. The molecule has 110 valence electrons. The minimum atomic E-state index is 0.142. The third-order valence-corrected chi connectivity index (χ3v) is 3.66. The predicted octanol–water partition coefficient (Wildman–Crippen LogP) is 3.06. The molecule has 0 atom stereocenters. The van der Waals surface area contributed by atoms with E-state index in [4.69, 9.17) is 0 Å². The Morgan fingerprint density at radius 3 is 2.55 bits per heavy atom. The second-order valence-electron chi connectivity index (χ2n) is 5.13. The van der Waals surface area contributed by atoms with Gasteiger partial charge in [-0.2, -0.15) is 4.57 Å². The van der Waals surface area contributed by atoms with Crippen LogP contribution in [0.5, 0.6) is 0 Å². The number of hydrogen-bond acceptors (Lipinski definition) is 2. The minimum absolute atomic E-state index is 0.142. The molecule has 3 nitrogen and oxygen atoms in total. The minimum Gasteiger partial charge on any atom is -0.390 e. The zero-order valence-electron chi connectivity index (χ0n) is 12.4. The summed E-state index contributed by atoms with van der Waals surface area (Å²) in [6.07, 6.45) is 4.77. The van der Waals surface area contributed by atoms with Crippen LogP contribution < -0.4 is 4.57 Å². The normalized spacial score (nSPS) is 11.3. The Bertz CT molecular complexity index is 782. The molecule has 0 spiro atoms. The van der Waals surface area contributed by atoms with Crippen molar-refractivity contribution >= 4 is 22.8 Å². The molecule has 1 aromatic heterocycles. The fourth-order valence-corrected chi connectivity index (χ4v) is 2.59. The van der Waals surface area contributed by atoms with Crippen LogP contribution in [0.3, 0.4) is 0 Å². The molecule has 0 fully saturated rings. The van der Waals surface area contributed by atoms with E-state index in [1.54, 1.807) is 0 Å². The van der Waals surface area contributed by atoms with Crippen molar-refractivity contribution in [1.29, 1.82) is 0 Å². The van der Waals surface area contributed by atoms with Crippen LogP contribution in [0.2, 0.25) is 0 Å². The first-order chi connectivity index (χ1) is 10.9. The van der Waals surface area contributed by atoms with Gasteiger partial charge in [0, 0.05) is 30.2 Å². The smallest absolute Gasteiger partial charge is 0.212 e. The monoisotopic (exact) mass is 291 g/mol. The Labute approximate surface area is 130 Å². The van der Waals surface area contributed by atoms with Gasteiger partial charge in [-0.1, -0.05) is 30.3 Å². The molecule has 3 heteroatoms. The molecule has 3 rings (SSSR count). The highest BCUT2D eigenvalue weighted by molar-refractivity contribution is 5.82. The molecule has 0 saturated heterocycles. The fourth-order valence-electron chi connectivity index (χ4n) is 2.59. The first-order valence-corrected chi connectivity index (χ1v) is 7.47. The maximum Gasteiger partial charge on any atom is 0.212 e. The van der Waals surface area contributed by atoms with Crippen molar-refractivity contribution in [3.05, 3.63) is 72.4 Å². The van der Waals surface area contributed by atoms with E-state index < -0.39 is 0 Å². The van der Waals surface area contributed by atoms with Gasteiger partial charge in [0.1, 0.15) is 6.61 Å². The van der Waals surface area contributed by atoms with Gasteiger partial charge in [-0.3, -0.25) is 4.99 Å². The molecule has 0 aliphatic carbocycles. The summed E-state index contributed by atoms with van der Waals surface area (Å²) in [5.74, 6) is 0. The highest BCUT2D eigenvalue weighted by Crippen LogP contribution is 2.16. The Morgan fingerprint density at radius 1 is 0.955 bits per heavy atom. The summed E-state index contributed by atoms with van der Waals surface area (Å²) in [5.41, 5.74) is 3.35. The van der Waals surface area contributed by atoms with Crippen LogP contribution in [0.4, 0.5) is 5.69 Å². The molecule has 0 unspecified atom stereocenters. The lowest BCUT2D eigenvalue weighted by Gasteiger charge is -2.04. The molecule has 0 amide bonds. The summed E-state index contributed by atoms with van der Waals surface area (Å²) in [4.78, 5) is 4.50. The highest BCUT2D eigenvalue weighted by atomic mass is 16.3. The van der Waals surface area contributed by atoms with Crippen molar-refractivity contribution in [2.24, 2.45) is 4.99 Å². The Morgan fingerprint density at radius 2 is 1.73 bits per heavy atom. The Balaban J connectivity index is 1.88. The molecule has 3 aromatic rings. The maximum atomic E-state index is 9.17. The lowest BCUT2D eigenvalue weighted by atomic mass is 10.1. The lowest BCUT2D eigenvalue weighted by Crippen LogP contribution is -2.36. The van der Waals surface area contributed by atoms with Gasteiger partial charge in [0.2, 0.25) is 5.52 Å². The van der Waals surface area contributed by atoms with Crippen LogP contribution in [-0.2, 0) is 13.0 Å². The molecule has 0 saturated carbocycles. The number of rotatable bonds is 5. The highest BCUT2D eigenvalue weighted by Gasteiger charge is 2.10. The molecule has 1 heterocycles. The topological polar surface area (TPSA) is 36.5 Å². The quantitative estimate of drug-likeness (QED) is 0.569. The summed E-state index contributed by atoms with van der Waals surface area (Å²) >= 11 is 0. The third kappa shape index (κ3) is 3.21.